The van der Waals surface area contributed by atoms with Crippen molar-refractivity contribution in [3.05, 3.63) is 58.9 Å². The Morgan fingerprint density at radius 3 is 2.22 bits per heavy atom. The molecule has 2 aromatic rings. The van der Waals surface area contributed by atoms with Crippen molar-refractivity contribution in [2.24, 2.45) is 0 Å². The second kappa shape index (κ2) is 7.74. The summed E-state index contributed by atoms with van der Waals surface area (Å²) in [5.41, 5.74) is 0.934. The number of para-hydroxylation sites is 1. The van der Waals surface area contributed by atoms with Crippen molar-refractivity contribution in [2.75, 3.05) is 0 Å². The van der Waals surface area contributed by atoms with Gasteiger partial charge in [0.05, 0.1) is 17.9 Å². The summed E-state index contributed by atoms with van der Waals surface area (Å²) < 4.78 is 23.2. The Morgan fingerprint density at radius 1 is 1.00 bits per heavy atom. The highest BCUT2D eigenvalue weighted by molar-refractivity contribution is 6.32. The molecule has 0 heterocycles. The quantitative estimate of drug-likeness (QED) is 0.610. The highest BCUT2D eigenvalue weighted by Crippen LogP contribution is 2.25. The van der Waals surface area contributed by atoms with E-state index in [1.54, 1.807) is 24.3 Å². The summed E-state index contributed by atoms with van der Waals surface area (Å²) in [4.78, 5) is 23.3. The molecule has 0 aliphatic rings. The molecule has 0 aliphatic heterocycles. The van der Waals surface area contributed by atoms with Gasteiger partial charge in [0.2, 0.25) is 0 Å². The van der Waals surface area contributed by atoms with E-state index >= 15 is 0 Å². The van der Waals surface area contributed by atoms with E-state index in [4.69, 9.17) is 21.1 Å². The maximum Gasteiger partial charge on any atom is 0.311 e. The summed E-state index contributed by atoms with van der Waals surface area (Å²) in [5.74, 6) is -1.93. The predicted octanol–water partition coefficient (Wildman–Crippen LogP) is 4.08. The van der Waals surface area contributed by atoms with Gasteiger partial charge in [0.15, 0.2) is 11.6 Å². The molecule has 0 atom stereocenters. The lowest BCUT2D eigenvalue weighted by molar-refractivity contribution is -0.140. The largest absolute Gasteiger partial charge is 0.425 e. The average Bonchev–Trinajstić information content (AvgIpc) is 2.50. The lowest BCUT2D eigenvalue weighted by Gasteiger charge is -2.07. The molecule has 0 fully saturated rings. The molecule has 0 saturated heterocycles. The van der Waals surface area contributed by atoms with Crippen LogP contribution >= 0.6 is 11.6 Å². The molecule has 0 spiro atoms. The molecule has 0 aromatic heterocycles. The fourth-order valence-electron chi connectivity index (χ4n) is 1.77. The molecule has 0 unspecified atom stereocenters. The molecular formula is C17H14ClFO4. The van der Waals surface area contributed by atoms with E-state index < -0.39 is 17.8 Å². The van der Waals surface area contributed by atoms with Gasteiger partial charge < -0.3 is 9.47 Å². The first kappa shape index (κ1) is 17.0. The van der Waals surface area contributed by atoms with Crippen LogP contribution in [0.5, 0.6) is 11.5 Å². The number of carbonyl (C=O) groups is 2. The van der Waals surface area contributed by atoms with Crippen LogP contribution in [-0.2, 0) is 9.59 Å². The number of hydrogen-bond donors (Lipinski definition) is 0. The number of esters is 2. The standard InChI is InChI=1S/C17H14ClFO4/c1-11-6-7-14(12(18)10-11)22-16(20)8-9-17(21)23-15-5-3-2-4-13(15)19/h2-7,10H,8-9H2,1H3. The molecule has 23 heavy (non-hydrogen) atoms. The van der Waals surface area contributed by atoms with Crippen molar-refractivity contribution in [3.63, 3.8) is 0 Å². The lowest BCUT2D eigenvalue weighted by atomic mass is 10.2. The molecule has 0 N–H and O–H groups in total. The molecule has 0 saturated carbocycles. The third-order valence-corrected chi connectivity index (χ3v) is 3.20. The number of benzene rings is 2. The van der Waals surface area contributed by atoms with Gasteiger partial charge in [0.25, 0.3) is 0 Å². The SMILES string of the molecule is Cc1ccc(OC(=O)CCC(=O)Oc2ccccc2F)c(Cl)c1. The Labute approximate surface area is 137 Å². The summed E-state index contributed by atoms with van der Waals surface area (Å²) >= 11 is 5.95. The van der Waals surface area contributed by atoms with Gasteiger partial charge in [-0.1, -0.05) is 29.8 Å². The second-order valence-corrected chi connectivity index (χ2v) is 5.22. The smallest absolute Gasteiger partial charge is 0.311 e. The van der Waals surface area contributed by atoms with Crippen LogP contribution in [0.2, 0.25) is 5.02 Å². The number of aryl methyl sites for hydroxylation is 1. The molecule has 0 bridgehead atoms. The van der Waals surface area contributed by atoms with Crippen LogP contribution in [0.25, 0.3) is 0 Å². The normalized spacial score (nSPS) is 10.2. The molecule has 0 amide bonds. The van der Waals surface area contributed by atoms with Crippen molar-refractivity contribution in [2.45, 2.75) is 19.8 Å². The molecule has 2 aromatic carbocycles. The van der Waals surface area contributed by atoms with Gasteiger partial charge >= 0.3 is 11.9 Å². The molecule has 0 aliphatic carbocycles. The molecule has 120 valence electrons. The maximum atomic E-state index is 13.3. The van der Waals surface area contributed by atoms with Crippen molar-refractivity contribution in [1.82, 2.24) is 0 Å². The average molecular weight is 337 g/mol. The van der Waals surface area contributed by atoms with Crippen LogP contribution in [0.15, 0.2) is 42.5 Å². The summed E-state index contributed by atoms with van der Waals surface area (Å²) in [5, 5.41) is 0.312. The van der Waals surface area contributed by atoms with E-state index in [0.29, 0.717) is 5.02 Å². The first-order valence-corrected chi connectivity index (χ1v) is 7.25. The third-order valence-electron chi connectivity index (χ3n) is 2.90. The molecule has 2 rings (SSSR count). The first-order valence-electron chi connectivity index (χ1n) is 6.88. The zero-order valence-corrected chi connectivity index (χ0v) is 13.1. The van der Waals surface area contributed by atoms with Crippen molar-refractivity contribution in [3.8, 4) is 11.5 Å². The van der Waals surface area contributed by atoms with E-state index in [0.717, 1.165) is 5.56 Å². The minimum atomic E-state index is -0.720. The fourth-order valence-corrected chi connectivity index (χ4v) is 2.04. The van der Waals surface area contributed by atoms with Crippen LogP contribution in [0.1, 0.15) is 18.4 Å². The third kappa shape index (κ3) is 5.07. The number of ether oxygens (including phenoxy) is 2. The highest BCUT2D eigenvalue weighted by atomic mass is 35.5. The van der Waals surface area contributed by atoms with Crippen molar-refractivity contribution < 1.29 is 23.5 Å². The molecule has 4 nitrogen and oxygen atoms in total. The number of hydrogen-bond acceptors (Lipinski definition) is 4. The van der Waals surface area contributed by atoms with Crippen LogP contribution in [0, 0.1) is 12.7 Å². The first-order chi connectivity index (χ1) is 11.0. The van der Waals surface area contributed by atoms with Gasteiger partial charge in [-0.3, -0.25) is 9.59 Å². The molecular weight excluding hydrogens is 323 g/mol. The van der Waals surface area contributed by atoms with E-state index in [2.05, 4.69) is 0 Å². The van der Waals surface area contributed by atoms with E-state index in [1.165, 1.54) is 18.2 Å². The van der Waals surface area contributed by atoms with Crippen LogP contribution in [0.3, 0.4) is 0 Å². The summed E-state index contributed by atoms with van der Waals surface area (Å²) in [7, 11) is 0. The van der Waals surface area contributed by atoms with E-state index in [1.807, 2.05) is 6.92 Å². The minimum Gasteiger partial charge on any atom is -0.425 e. The highest BCUT2D eigenvalue weighted by Gasteiger charge is 2.14. The number of rotatable bonds is 5. The molecule has 6 heteroatoms. The van der Waals surface area contributed by atoms with Gasteiger partial charge in [-0.15, -0.1) is 0 Å². The zero-order valence-electron chi connectivity index (χ0n) is 12.3. The van der Waals surface area contributed by atoms with Crippen molar-refractivity contribution in [1.29, 1.82) is 0 Å². The van der Waals surface area contributed by atoms with Crippen molar-refractivity contribution >= 4 is 23.5 Å². The van der Waals surface area contributed by atoms with Crippen LogP contribution in [-0.4, -0.2) is 11.9 Å². The van der Waals surface area contributed by atoms with Gasteiger partial charge in [-0.2, -0.15) is 0 Å². The Morgan fingerprint density at radius 2 is 1.61 bits per heavy atom. The summed E-state index contributed by atoms with van der Waals surface area (Å²) in [6.07, 6.45) is -0.422. The monoisotopic (exact) mass is 336 g/mol. The Kier molecular flexibility index (Phi) is 5.71. The van der Waals surface area contributed by atoms with Gasteiger partial charge in [-0.05, 0) is 36.8 Å². The zero-order chi connectivity index (χ0) is 16.8. The van der Waals surface area contributed by atoms with E-state index in [9.17, 15) is 14.0 Å². The van der Waals surface area contributed by atoms with Gasteiger partial charge in [-0.25, -0.2) is 4.39 Å². The van der Waals surface area contributed by atoms with Crippen LogP contribution in [0.4, 0.5) is 4.39 Å². The topological polar surface area (TPSA) is 52.6 Å². The second-order valence-electron chi connectivity index (χ2n) is 4.81. The van der Waals surface area contributed by atoms with Gasteiger partial charge in [0, 0.05) is 0 Å². The predicted molar refractivity (Wildman–Crippen MR) is 83.1 cm³/mol. The minimum absolute atomic E-state index is 0.174. The Bertz CT molecular complexity index is 730. The summed E-state index contributed by atoms with van der Waals surface area (Å²) in [6.45, 7) is 1.86. The molecule has 0 radical (unpaired) electrons. The summed E-state index contributed by atoms with van der Waals surface area (Å²) in [6, 6.07) is 10.5. The van der Waals surface area contributed by atoms with E-state index in [-0.39, 0.29) is 24.3 Å². The maximum absolute atomic E-state index is 13.3. The van der Waals surface area contributed by atoms with Gasteiger partial charge in [0.1, 0.15) is 5.75 Å². The van der Waals surface area contributed by atoms with Crippen LogP contribution < -0.4 is 9.47 Å². The fraction of sp³-hybridized carbons (Fsp3) is 0.176. The Balaban J connectivity index is 1.84. The lowest BCUT2D eigenvalue weighted by Crippen LogP contribution is -2.14. The Hall–Kier alpha value is -2.40. The number of carbonyl (C=O) groups excluding carboxylic acids is 2. The number of halogens is 2.